The Bertz CT molecular complexity index is 1390. The molecule has 32 heavy (non-hydrogen) atoms. The first-order chi connectivity index (χ1) is 15.1. The van der Waals surface area contributed by atoms with E-state index in [0.717, 1.165) is 16.6 Å². The quantitative estimate of drug-likeness (QED) is 0.321. The maximum atomic E-state index is 12.9. The molecule has 0 saturated heterocycles. The lowest BCUT2D eigenvalue weighted by molar-refractivity contribution is -0.126. The van der Waals surface area contributed by atoms with Crippen LogP contribution in [0.25, 0.3) is 22.1 Å². The first-order valence-electron chi connectivity index (χ1n) is 9.69. The predicted octanol–water partition coefficient (Wildman–Crippen LogP) is 4.30. The summed E-state index contributed by atoms with van der Waals surface area (Å²) < 4.78 is 6.02. The number of halogens is 3. The second-order valence-corrected chi connectivity index (χ2v) is 10.8. The summed E-state index contributed by atoms with van der Waals surface area (Å²) >= 11 is 19.2. The Balaban J connectivity index is 1.60. The molecule has 0 fully saturated rings. The zero-order valence-electron chi connectivity index (χ0n) is 17.0. The van der Waals surface area contributed by atoms with E-state index in [2.05, 4.69) is 10.3 Å². The molecule has 2 heterocycles. The van der Waals surface area contributed by atoms with Crippen molar-refractivity contribution in [1.82, 2.24) is 14.7 Å². The van der Waals surface area contributed by atoms with Gasteiger partial charge in [0.15, 0.2) is 4.96 Å². The van der Waals surface area contributed by atoms with Crippen molar-refractivity contribution < 1.29 is 9.53 Å². The SMILES string of the molecule is CC(C)C(=O)N[C@H](Oc1ccc(/C=c2\sc3nc4ccccc4n3c2=O)cc1)C(Cl)(Cl)Cl. The topological polar surface area (TPSA) is 72.7 Å². The zero-order chi connectivity index (χ0) is 23.0. The minimum absolute atomic E-state index is 0.119. The van der Waals surface area contributed by atoms with Crippen LogP contribution in [0.5, 0.6) is 5.75 Å². The molecule has 2 aromatic heterocycles. The summed E-state index contributed by atoms with van der Waals surface area (Å²) in [6.07, 6.45) is 0.622. The van der Waals surface area contributed by atoms with Crippen LogP contribution >= 0.6 is 46.1 Å². The highest BCUT2D eigenvalue weighted by atomic mass is 35.6. The molecule has 0 aliphatic carbocycles. The molecule has 0 aliphatic heterocycles. The number of thiazole rings is 1. The second kappa shape index (κ2) is 8.90. The Morgan fingerprint density at radius 2 is 1.84 bits per heavy atom. The zero-order valence-corrected chi connectivity index (χ0v) is 20.1. The van der Waals surface area contributed by atoms with Crippen LogP contribution in [0.1, 0.15) is 19.4 Å². The number of ether oxygens (including phenoxy) is 1. The van der Waals surface area contributed by atoms with E-state index in [1.807, 2.05) is 24.3 Å². The number of hydrogen-bond acceptors (Lipinski definition) is 5. The fraction of sp³-hybridized carbons (Fsp3) is 0.227. The molecule has 166 valence electrons. The minimum Gasteiger partial charge on any atom is -0.466 e. The summed E-state index contributed by atoms with van der Waals surface area (Å²) in [6, 6.07) is 14.4. The van der Waals surface area contributed by atoms with E-state index in [1.165, 1.54) is 11.3 Å². The van der Waals surface area contributed by atoms with E-state index < -0.39 is 10.0 Å². The van der Waals surface area contributed by atoms with Crippen LogP contribution in [0.2, 0.25) is 0 Å². The van der Waals surface area contributed by atoms with Gasteiger partial charge in [0, 0.05) is 5.92 Å². The van der Waals surface area contributed by atoms with E-state index in [0.29, 0.717) is 15.2 Å². The molecule has 1 N–H and O–H groups in total. The van der Waals surface area contributed by atoms with E-state index in [4.69, 9.17) is 39.5 Å². The van der Waals surface area contributed by atoms with Gasteiger partial charge in [0.1, 0.15) is 5.75 Å². The molecule has 0 spiro atoms. The Morgan fingerprint density at radius 1 is 1.16 bits per heavy atom. The highest BCUT2D eigenvalue weighted by Gasteiger charge is 2.36. The fourth-order valence-corrected chi connectivity index (χ4v) is 4.30. The summed E-state index contributed by atoms with van der Waals surface area (Å²) in [5.74, 6) is -0.197. The van der Waals surface area contributed by atoms with Gasteiger partial charge in [0.25, 0.3) is 5.56 Å². The third-order valence-electron chi connectivity index (χ3n) is 4.67. The molecule has 0 radical (unpaired) electrons. The Labute approximate surface area is 202 Å². The van der Waals surface area contributed by atoms with Crippen LogP contribution in [0.3, 0.4) is 0 Å². The van der Waals surface area contributed by atoms with Gasteiger partial charge in [-0.2, -0.15) is 0 Å². The van der Waals surface area contributed by atoms with Crippen molar-refractivity contribution in [2.24, 2.45) is 5.92 Å². The van der Waals surface area contributed by atoms with Crippen molar-refractivity contribution in [2.45, 2.75) is 23.9 Å². The number of amides is 1. The number of benzene rings is 2. The number of imidazole rings is 1. The lowest BCUT2D eigenvalue weighted by atomic mass is 10.2. The number of nitrogens with one attached hydrogen (secondary N) is 1. The Hall–Kier alpha value is -2.32. The number of rotatable bonds is 5. The molecule has 4 rings (SSSR count). The maximum absolute atomic E-state index is 12.9. The average Bonchev–Trinajstić information content (AvgIpc) is 3.24. The molecular formula is C22H18Cl3N3O3S. The Kier molecular flexibility index (Phi) is 6.36. The van der Waals surface area contributed by atoms with E-state index in [1.54, 1.807) is 48.6 Å². The molecule has 1 atom stereocenters. The van der Waals surface area contributed by atoms with E-state index >= 15 is 0 Å². The highest BCUT2D eigenvalue weighted by Crippen LogP contribution is 2.32. The van der Waals surface area contributed by atoms with Gasteiger partial charge in [0.05, 0.1) is 15.6 Å². The number of carbonyl (C=O) groups is 1. The van der Waals surface area contributed by atoms with Crippen molar-refractivity contribution in [3.8, 4) is 5.75 Å². The van der Waals surface area contributed by atoms with Gasteiger partial charge in [-0.3, -0.25) is 9.59 Å². The number of aromatic nitrogens is 2. The van der Waals surface area contributed by atoms with E-state index in [9.17, 15) is 9.59 Å². The van der Waals surface area contributed by atoms with Gasteiger partial charge in [0.2, 0.25) is 15.9 Å². The Morgan fingerprint density at radius 3 is 2.50 bits per heavy atom. The highest BCUT2D eigenvalue weighted by molar-refractivity contribution is 7.15. The van der Waals surface area contributed by atoms with Gasteiger partial charge < -0.3 is 10.1 Å². The van der Waals surface area contributed by atoms with Crippen molar-refractivity contribution in [3.05, 3.63) is 69.0 Å². The molecule has 6 nitrogen and oxygen atoms in total. The molecule has 0 aliphatic rings. The van der Waals surface area contributed by atoms with Crippen LogP contribution < -0.4 is 20.1 Å². The molecule has 4 aromatic rings. The number of fused-ring (bicyclic) bond motifs is 3. The van der Waals surface area contributed by atoms with E-state index in [-0.39, 0.29) is 17.4 Å². The first kappa shape index (κ1) is 22.9. The van der Waals surface area contributed by atoms with Crippen LogP contribution in [-0.2, 0) is 4.79 Å². The second-order valence-electron chi connectivity index (χ2n) is 7.41. The maximum Gasteiger partial charge on any atom is 0.274 e. The first-order valence-corrected chi connectivity index (χ1v) is 11.6. The summed E-state index contributed by atoms with van der Waals surface area (Å²) in [6.45, 7) is 3.45. The van der Waals surface area contributed by atoms with Gasteiger partial charge in [-0.1, -0.05) is 84.3 Å². The lowest BCUT2D eigenvalue weighted by Gasteiger charge is -2.27. The number of hydrogen-bond donors (Lipinski definition) is 1. The van der Waals surface area contributed by atoms with Gasteiger partial charge >= 0.3 is 0 Å². The number of carbonyl (C=O) groups excluding carboxylic acids is 1. The third kappa shape index (κ3) is 4.71. The smallest absolute Gasteiger partial charge is 0.274 e. The van der Waals surface area contributed by atoms with Crippen molar-refractivity contribution in [1.29, 1.82) is 0 Å². The number of alkyl halides is 3. The van der Waals surface area contributed by atoms with Crippen molar-refractivity contribution >= 4 is 74.1 Å². The van der Waals surface area contributed by atoms with Crippen molar-refractivity contribution in [3.63, 3.8) is 0 Å². The normalized spacial score (nSPS) is 13.8. The average molecular weight is 511 g/mol. The summed E-state index contributed by atoms with van der Waals surface area (Å²) in [4.78, 5) is 30.0. The van der Waals surface area contributed by atoms with Crippen LogP contribution in [-0.4, -0.2) is 25.3 Å². The molecular weight excluding hydrogens is 493 g/mol. The largest absolute Gasteiger partial charge is 0.466 e. The minimum atomic E-state index is -1.86. The molecule has 2 aromatic carbocycles. The number of nitrogens with zero attached hydrogens (tertiary/aromatic N) is 2. The van der Waals surface area contributed by atoms with Crippen molar-refractivity contribution in [2.75, 3.05) is 0 Å². The van der Waals surface area contributed by atoms with Crippen LogP contribution in [0.4, 0.5) is 0 Å². The lowest BCUT2D eigenvalue weighted by Crippen LogP contribution is -2.49. The summed E-state index contributed by atoms with van der Waals surface area (Å²) in [5, 5.41) is 2.58. The monoisotopic (exact) mass is 509 g/mol. The van der Waals surface area contributed by atoms with Gasteiger partial charge in [-0.15, -0.1) is 0 Å². The van der Waals surface area contributed by atoms with Gasteiger partial charge in [-0.05, 0) is 35.9 Å². The van der Waals surface area contributed by atoms with Crippen LogP contribution in [0, 0.1) is 5.92 Å². The predicted molar refractivity (Wildman–Crippen MR) is 130 cm³/mol. The third-order valence-corrected chi connectivity index (χ3v) is 6.24. The fourth-order valence-electron chi connectivity index (χ4n) is 3.02. The molecule has 0 bridgehead atoms. The number of para-hydroxylation sites is 2. The molecule has 0 saturated carbocycles. The standard InChI is InChI=1S/C22H18Cl3N3O3S/c1-12(2)18(29)27-20(22(23,24)25)31-14-9-7-13(8-10-14)11-17-19(30)28-16-6-4-3-5-15(16)26-21(28)32-17/h3-12,20H,1-2H3,(H,27,29)/b17-11-/t20-/m1/s1. The molecule has 1 amide bonds. The summed E-state index contributed by atoms with van der Waals surface area (Å²) in [7, 11) is 0. The molecule has 0 unspecified atom stereocenters. The van der Waals surface area contributed by atoms with Gasteiger partial charge in [-0.25, -0.2) is 9.38 Å². The van der Waals surface area contributed by atoms with Crippen LogP contribution in [0.15, 0.2) is 53.3 Å². The summed E-state index contributed by atoms with van der Waals surface area (Å²) in [5.41, 5.74) is 2.25. The molecule has 10 heteroatoms.